The van der Waals surface area contributed by atoms with Gasteiger partial charge < -0.3 is 11.1 Å². The molecule has 1 saturated carbocycles. The third kappa shape index (κ3) is 1.73. The summed E-state index contributed by atoms with van der Waals surface area (Å²) < 4.78 is 1.91. The summed E-state index contributed by atoms with van der Waals surface area (Å²) in [6, 6.07) is 0.0935. The van der Waals surface area contributed by atoms with E-state index in [1.165, 1.54) is 11.3 Å². The van der Waals surface area contributed by atoms with Gasteiger partial charge in [-0.2, -0.15) is 5.10 Å². The molecule has 5 nitrogen and oxygen atoms in total. The van der Waals surface area contributed by atoms with Crippen LogP contribution in [0, 0.1) is 0 Å². The van der Waals surface area contributed by atoms with E-state index in [9.17, 15) is 4.79 Å². The van der Waals surface area contributed by atoms with Gasteiger partial charge in [0.05, 0.1) is 17.8 Å². The highest BCUT2D eigenvalue weighted by atomic mass is 16.2. The third-order valence-corrected chi connectivity index (χ3v) is 4.38. The molecular formula is C13H20N4O. The minimum absolute atomic E-state index is 0.00968. The van der Waals surface area contributed by atoms with Crippen LogP contribution < -0.4 is 11.1 Å². The van der Waals surface area contributed by atoms with E-state index in [4.69, 9.17) is 5.73 Å². The van der Waals surface area contributed by atoms with Gasteiger partial charge in [0.15, 0.2) is 0 Å². The van der Waals surface area contributed by atoms with E-state index >= 15 is 0 Å². The van der Waals surface area contributed by atoms with Crippen LogP contribution in [0.3, 0.4) is 0 Å². The van der Waals surface area contributed by atoms with E-state index in [1.54, 1.807) is 0 Å². The zero-order valence-corrected chi connectivity index (χ0v) is 10.8. The standard InChI is InChI=1S/C13H20N4O/c1-17-11-5-2-4-10(9(11)8-15-17)16-12(18)13(14)6-3-7-13/h8,10H,2-7,14H2,1H3,(H,16,18). The summed E-state index contributed by atoms with van der Waals surface area (Å²) in [6.45, 7) is 0. The fourth-order valence-electron chi connectivity index (χ4n) is 2.94. The van der Waals surface area contributed by atoms with Crippen molar-refractivity contribution in [2.75, 3.05) is 0 Å². The molecule has 1 atom stereocenters. The van der Waals surface area contributed by atoms with Crippen molar-refractivity contribution in [3.05, 3.63) is 17.5 Å². The van der Waals surface area contributed by atoms with Crippen LogP contribution in [0.15, 0.2) is 6.20 Å². The molecule has 0 aliphatic heterocycles. The predicted molar refractivity (Wildman–Crippen MR) is 67.8 cm³/mol. The second-order valence-corrected chi connectivity index (χ2v) is 5.60. The van der Waals surface area contributed by atoms with Gasteiger partial charge in [-0.3, -0.25) is 9.48 Å². The maximum absolute atomic E-state index is 12.2. The van der Waals surface area contributed by atoms with Crippen molar-refractivity contribution in [1.82, 2.24) is 15.1 Å². The molecule has 0 spiro atoms. The summed E-state index contributed by atoms with van der Waals surface area (Å²) in [5.74, 6) is 0.00968. The average Bonchev–Trinajstić information content (AvgIpc) is 2.69. The summed E-state index contributed by atoms with van der Waals surface area (Å²) in [5, 5.41) is 7.40. The van der Waals surface area contributed by atoms with Crippen molar-refractivity contribution in [2.24, 2.45) is 12.8 Å². The average molecular weight is 248 g/mol. The lowest BCUT2D eigenvalue weighted by atomic mass is 9.76. The van der Waals surface area contributed by atoms with Crippen LogP contribution >= 0.6 is 0 Å². The number of carbonyl (C=O) groups excluding carboxylic acids is 1. The summed E-state index contributed by atoms with van der Waals surface area (Å²) in [5.41, 5.74) is 7.85. The molecule has 3 N–H and O–H groups in total. The smallest absolute Gasteiger partial charge is 0.240 e. The summed E-state index contributed by atoms with van der Waals surface area (Å²) >= 11 is 0. The number of nitrogens with one attached hydrogen (secondary N) is 1. The van der Waals surface area contributed by atoms with Gasteiger partial charge in [-0.25, -0.2) is 0 Å². The molecule has 1 fully saturated rings. The Balaban J connectivity index is 1.76. The number of aryl methyl sites for hydroxylation is 1. The van der Waals surface area contributed by atoms with E-state index in [0.717, 1.165) is 38.5 Å². The Morgan fingerprint density at radius 3 is 3.00 bits per heavy atom. The monoisotopic (exact) mass is 248 g/mol. The zero-order chi connectivity index (χ0) is 12.8. The van der Waals surface area contributed by atoms with E-state index in [2.05, 4.69) is 10.4 Å². The first-order valence-electron chi connectivity index (χ1n) is 6.71. The Kier molecular flexibility index (Phi) is 2.66. The molecule has 5 heteroatoms. The first-order chi connectivity index (χ1) is 8.60. The van der Waals surface area contributed by atoms with E-state index < -0.39 is 5.54 Å². The van der Waals surface area contributed by atoms with Gasteiger partial charge in [-0.1, -0.05) is 0 Å². The number of amides is 1. The minimum Gasteiger partial charge on any atom is -0.348 e. The maximum Gasteiger partial charge on any atom is 0.240 e. The summed E-state index contributed by atoms with van der Waals surface area (Å²) in [4.78, 5) is 12.2. The molecule has 18 heavy (non-hydrogen) atoms. The molecule has 1 unspecified atom stereocenters. The number of hydrogen-bond donors (Lipinski definition) is 2. The predicted octanol–water partition coefficient (Wildman–Crippen LogP) is 0.795. The van der Waals surface area contributed by atoms with E-state index in [-0.39, 0.29) is 11.9 Å². The number of hydrogen-bond acceptors (Lipinski definition) is 3. The number of rotatable bonds is 2. The quantitative estimate of drug-likeness (QED) is 0.813. The second-order valence-electron chi connectivity index (χ2n) is 5.60. The van der Waals surface area contributed by atoms with Crippen molar-refractivity contribution in [1.29, 1.82) is 0 Å². The summed E-state index contributed by atoms with van der Waals surface area (Å²) in [6.07, 6.45) is 7.69. The van der Waals surface area contributed by atoms with Crippen molar-refractivity contribution >= 4 is 5.91 Å². The van der Waals surface area contributed by atoms with Crippen LogP contribution in [0.25, 0.3) is 0 Å². The van der Waals surface area contributed by atoms with Crippen molar-refractivity contribution in [2.45, 2.75) is 50.1 Å². The molecule has 1 heterocycles. The van der Waals surface area contributed by atoms with Gasteiger partial charge in [0.1, 0.15) is 0 Å². The van der Waals surface area contributed by atoms with Gasteiger partial charge in [0.2, 0.25) is 5.91 Å². The zero-order valence-electron chi connectivity index (χ0n) is 10.8. The Morgan fingerprint density at radius 1 is 1.56 bits per heavy atom. The number of carbonyl (C=O) groups is 1. The maximum atomic E-state index is 12.2. The number of nitrogens with zero attached hydrogens (tertiary/aromatic N) is 2. The van der Waals surface area contributed by atoms with Crippen LogP contribution in [0.2, 0.25) is 0 Å². The summed E-state index contributed by atoms with van der Waals surface area (Å²) in [7, 11) is 1.96. The molecule has 3 rings (SSSR count). The SMILES string of the molecule is Cn1ncc2c1CCCC2NC(=O)C1(N)CCC1. The highest BCUT2D eigenvalue weighted by Crippen LogP contribution is 2.33. The Hall–Kier alpha value is -1.36. The van der Waals surface area contributed by atoms with Crippen LogP contribution in [-0.4, -0.2) is 21.2 Å². The van der Waals surface area contributed by atoms with Crippen molar-refractivity contribution in [3.8, 4) is 0 Å². The molecule has 98 valence electrons. The van der Waals surface area contributed by atoms with Crippen molar-refractivity contribution in [3.63, 3.8) is 0 Å². The highest BCUT2D eigenvalue weighted by molar-refractivity contribution is 5.87. The number of aromatic nitrogens is 2. The lowest BCUT2D eigenvalue weighted by molar-refractivity contribution is -0.130. The molecule has 0 bridgehead atoms. The Labute approximate surface area is 107 Å². The molecular weight excluding hydrogens is 228 g/mol. The molecule has 1 aromatic rings. The molecule has 1 amide bonds. The lowest BCUT2D eigenvalue weighted by Crippen LogP contribution is -2.59. The number of nitrogens with two attached hydrogens (primary N) is 1. The largest absolute Gasteiger partial charge is 0.348 e. The molecule has 2 aliphatic carbocycles. The van der Waals surface area contributed by atoms with Gasteiger partial charge >= 0.3 is 0 Å². The van der Waals surface area contributed by atoms with E-state index in [1.807, 2.05) is 17.9 Å². The first-order valence-corrected chi connectivity index (χ1v) is 6.71. The minimum atomic E-state index is -0.611. The van der Waals surface area contributed by atoms with Crippen LogP contribution in [0.1, 0.15) is 49.4 Å². The lowest BCUT2D eigenvalue weighted by Gasteiger charge is -2.38. The molecule has 0 aromatic carbocycles. The molecule has 1 aromatic heterocycles. The Morgan fingerprint density at radius 2 is 2.33 bits per heavy atom. The van der Waals surface area contributed by atoms with E-state index in [0.29, 0.717) is 0 Å². The van der Waals surface area contributed by atoms with Gasteiger partial charge in [0, 0.05) is 18.3 Å². The fraction of sp³-hybridized carbons (Fsp3) is 0.692. The fourth-order valence-corrected chi connectivity index (χ4v) is 2.94. The molecule has 0 saturated heterocycles. The topological polar surface area (TPSA) is 72.9 Å². The first kappa shape index (κ1) is 11.7. The third-order valence-electron chi connectivity index (χ3n) is 4.38. The Bertz CT molecular complexity index is 475. The van der Waals surface area contributed by atoms with Crippen LogP contribution in [0.4, 0.5) is 0 Å². The van der Waals surface area contributed by atoms with Crippen LogP contribution in [-0.2, 0) is 18.3 Å². The second kappa shape index (κ2) is 4.09. The normalized spacial score (nSPS) is 25.1. The van der Waals surface area contributed by atoms with Crippen molar-refractivity contribution < 1.29 is 4.79 Å². The van der Waals surface area contributed by atoms with Gasteiger partial charge in [-0.15, -0.1) is 0 Å². The molecule has 2 aliphatic rings. The van der Waals surface area contributed by atoms with Gasteiger partial charge in [0.25, 0.3) is 0 Å². The van der Waals surface area contributed by atoms with Crippen LogP contribution in [0.5, 0.6) is 0 Å². The molecule has 0 radical (unpaired) electrons. The number of fused-ring (bicyclic) bond motifs is 1. The van der Waals surface area contributed by atoms with Gasteiger partial charge in [-0.05, 0) is 38.5 Å². The highest BCUT2D eigenvalue weighted by Gasteiger charge is 2.41.